The van der Waals surface area contributed by atoms with E-state index in [0.717, 1.165) is 23.4 Å². The third kappa shape index (κ3) is 6.02. The van der Waals surface area contributed by atoms with Crippen LogP contribution in [0.2, 0.25) is 0 Å². The number of rotatable bonds is 7. The van der Waals surface area contributed by atoms with Gasteiger partial charge in [-0.2, -0.15) is 18.3 Å². The number of nitrogens with one attached hydrogen (secondary N) is 3. The van der Waals surface area contributed by atoms with Gasteiger partial charge in [0.1, 0.15) is 17.8 Å². The highest BCUT2D eigenvalue weighted by Crippen LogP contribution is 2.40. The molecule has 0 spiro atoms. The zero-order valence-corrected chi connectivity index (χ0v) is 20.2. The number of imidazole rings is 1. The molecule has 10 nitrogen and oxygen atoms in total. The van der Waals surface area contributed by atoms with Crippen LogP contribution in [-0.4, -0.2) is 54.8 Å². The van der Waals surface area contributed by atoms with Crippen LogP contribution >= 0.6 is 0 Å². The molecule has 212 valence electrons. The van der Waals surface area contributed by atoms with Crippen LogP contribution in [0, 0.1) is 0 Å². The zero-order valence-electron chi connectivity index (χ0n) is 20.2. The Bertz CT molecular complexity index is 1370. The largest absolute Gasteiger partial charge is 0.522 e. The smallest absolute Gasteiger partial charge is 0.443 e. The molecule has 5 rings (SSSR count). The molecule has 39 heavy (non-hydrogen) atoms. The maximum atomic E-state index is 15.1. The van der Waals surface area contributed by atoms with Crippen LogP contribution in [0.1, 0.15) is 55.5 Å². The third-order valence-corrected chi connectivity index (χ3v) is 6.63. The number of H-pyrrole nitrogens is 1. The molecule has 0 radical (unpaired) electrons. The van der Waals surface area contributed by atoms with Gasteiger partial charge in [-0.05, 0) is 32.6 Å². The number of hydrogen-bond acceptors (Lipinski definition) is 7. The highest BCUT2D eigenvalue weighted by molar-refractivity contribution is 5.69. The van der Waals surface area contributed by atoms with E-state index in [1.165, 1.54) is 6.07 Å². The minimum atomic E-state index is -5.01. The van der Waals surface area contributed by atoms with Gasteiger partial charge in [0, 0.05) is 35.6 Å². The summed E-state index contributed by atoms with van der Waals surface area (Å²) in [5.41, 5.74) is -2.36. The molecule has 17 heteroatoms. The molecule has 0 saturated heterocycles. The number of nitrogens with zero attached hydrogens (tertiary/aromatic N) is 4. The fraction of sp³-hybridized carbons (Fsp3) is 0.545. The minimum Gasteiger partial charge on any atom is -0.443 e. The van der Waals surface area contributed by atoms with Gasteiger partial charge in [-0.15, -0.1) is 13.2 Å². The summed E-state index contributed by atoms with van der Waals surface area (Å²) >= 11 is 0. The van der Waals surface area contributed by atoms with Crippen LogP contribution in [0.15, 0.2) is 18.5 Å². The lowest BCUT2D eigenvalue weighted by molar-refractivity contribution is -0.330. The van der Waals surface area contributed by atoms with Gasteiger partial charge in [-0.1, -0.05) is 0 Å². The van der Waals surface area contributed by atoms with Gasteiger partial charge >= 0.3 is 18.6 Å². The molecule has 2 aliphatic carbocycles. The van der Waals surface area contributed by atoms with Crippen molar-refractivity contribution in [1.29, 1.82) is 0 Å². The van der Waals surface area contributed by atoms with Crippen LogP contribution < -0.4 is 10.6 Å². The van der Waals surface area contributed by atoms with E-state index in [2.05, 4.69) is 35.5 Å². The van der Waals surface area contributed by atoms with Gasteiger partial charge in [0.25, 0.3) is 0 Å². The van der Waals surface area contributed by atoms with Crippen molar-refractivity contribution in [3.63, 3.8) is 0 Å². The van der Waals surface area contributed by atoms with Crippen molar-refractivity contribution in [3.05, 3.63) is 35.4 Å². The van der Waals surface area contributed by atoms with Crippen molar-refractivity contribution < 1.29 is 45.0 Å². The molecular weight excluding hydrogens is 543 g/mol. The number of alkyl halides is 7. The number of anilines is 2. The van der Waals surface area contributed by atoms with Crippen LogP contribution in [0.25, 0.3) is 5.65 Å². The second kappa shape index (κ2) is 9.53. The van der Waals surface area contributed by atoms with Crippen molar-refractivity contribution in [2.45, 2.75) is 75.5 Å². The average molecular weight is 565 g/mol. The van der Waals surface area contributed by atoms with E-state index in [-0.39, 0.29) is 23.7 Å². The molecule has 3 heterocycles. The number of carbonyl (C=O) groups is 1. The zero-order chi connectivity index (χ0) is 28.2. The van der Waals surface area contributed by atoms with Crippen molar-refractivity contribution in [2.75, 3.05) is 5.32 Å². The van der Waals surface area contributed by atoms with Gasteiger partial charge < -0.3 is 15.4 Å². The Morgan fingerprint density at radius 1 is 1.23 bits per heavy atom. The Kier molecular flexibility index (Phi) is 6.59. The Hall–Kier alpha value is -3.63. The van der Waals surface area contributed by atoms with Gasteiger partial charge in [-0.25, -0.2) is 19.2 Å². The maximum absolute atomic E-state index is 15.1. The fourth-order valence-electron chi connectivity index (χ4n) is 4.35. The quantitative estimate of drug-likeness (QED) is 0.341. The van der Waals surface area contributed by atoms with E-state index in [4.69, 9.17) is 4.74 Å². The highest BCUT2D eigenvalue weighted by atomic mass is 19.4. The molecule has 3 aromatic rings. The Labute approximate surface area is 215 Å². The summed E-state index contributed by atoms with van der Waals surface area (Å²) in [5.74, 6) is -0.880. The first-order valence-electron chi connectivity index (χ1n) is 11.8. The number of fused-ring (bicyclic) bond motifs is 1. The lowest BCUT2D eigenvalue weighted by Gasteiger charge is -2.19. The Morgan fingerprint density at radius 2 is 1.97 bits per heavy atom. The molecule has 0 bridgehead atoms. The first-order chi connectivity index (χ1) is 18.2. The maximum Gasteiger partial charge on any atom is 0.522 e. The summed E-state index contributed by atoms with van der Waals surface area (Å²) in [5, 5.41) is 12.0. The number of aromatic nitrogens is 5. The molecule has 0 aromatic carbocycles. The summed E-state index contributed by atoms with van der Waals surface area (Å²) in [7, 11) is 0. The first-order valence-corrected chi connectivity index (χ1v) is 11.8. The van der Waals surface area contributed by atoms with E-state index in [1.54, 1.807) is 0 Å². The van der Waals surface area contributed by atoms with E-state index in [1.807, 2.05) is 6.92 Å². The molecular formula is C22H22F7N7O3. The normalized spacial score (nSPS) is 22.7. The molecule has 3 atom stereocenters. The van der Waals surface area contributed by atoms with Gasteiger partial charge in [0.2, 0.25) is 5.95 Å². The summed E-state index contributed by atoms with van der Waals surface area (Å²) < 4.78 is 102. The van der Waals surface area contributed by atoms with Crippen LogP contribution in [-0.2, 0) is 22.3 Å². The van der Waals surface area contributed by atoms with Crippen molar-refractivity contribution in [2.24, 2.45) is 0 Å². The van der Waals surface area contributed by atoms with E-state index < -0.39 is 60.3 Å². The van der Waals surface area contributed by atoms with Crippen molar-refractivity contribution in [1.82, 2.24) is 29.9 Å². The predicted molar refractivity (Wildman–Crippen MR) is 119 cm³/mol. The number of halogens is 7. The lowest BCUT2D eigenvalue weighted by Crippen LogP contribution is -2.38. The number of alkyl carbamates (subject to hydrolysis) is 1. The number of amides is 1. The summed E-state index contributed by atoms with van der Waals surface area (Å²) in [4.78, 5) is 19.4. The Morgan fingerprint density at radius 3 is 2.64 bits per heavy atom. The second-order valence-electron chi connectivity index (χ2n) is 9.74. The second-order valence-corrected chi connectivity index (χ2v) is 9.74. The van der Waals surface area contributed by atoms with Crippen molar-refractivity contribution >= 4 is 23.5 Å². The average Bonchev–Trinajstić information content (AvgIpc) is 3.19. The monoisotopic (exact) mass is 565 g/mol. The number of hydrogen-bond donors (Lipinski definition) is 3. The van der Waals surface area contributed by atoms with Crippen LogP contribution in [0.3, 0.4) is 0 Å². The number of aromatic amines is 1. The Balaban J connectivity index is 1.31. The summed E-state index contributed by atoms with van der Waals surface area (Å²) in [6, 6.07) is 1.42. The van der Waals surface area contributed by atoms with Crippen LogP contribution in [0.4, 0.5) is 47.3 Å². The summed E-state index contributed by atoms with van der Waals surface area (Å²) in [6.45, 7) is 0.743. The fourth-order valence-corrected chi connectivity index (χ4v) is 4.35. The van der Waals surface area contributed by atoms with E-state index in [9.17, 15) is 31.1 Å². The standard InChI is InChI=1S/C22H22F7N7O3/c1-20(4-5-20)33-19(37)39-14-3-2-11(16(14)23)13-6-15(35-34-13)32-18-30-7-12(21(24,25)26)17-31-10(8-36(17)18)9-38-22(27,28)29/h6-8,11,14,16H,2-5,9H2,1H3,(H,33,37)(H2,30,32,34,35)/t11-,14-,16-/m1/s1. The molecule has 2 fully saturated rings. The first kappa shape index (κ1) is 27.0. The molecule has 3 aromatic heterocycles. The molecule has 1 amide bonds. The molecule has 3 N–H and O–H groups in total. The highest BCUT2D eigenvalue weighted by Gasteiger charge is 2.43. The predicted octanol–water partition coefficient (Wildman–Crippen LogP) is 5.11. The van der Waals surface area contributed by atoms with Crippen LogP contribution in [0.5, 0.6) is 0 Å². The van der Waals surface area contributed by atoms with E-state index >= 15 is 4.39 Å². The SMILES string of the molecule is CC1(NC(=O)O[C@@H]2CC[C@H](c3cc(Nc4ncc(C(F)(F)F)c5nc(COC(F)(F)F)cn45)n[nH]3)[C@H]2F)CC1. The van der Waals surface area contributed by atoms with Gasteiger partial charge in [0.15, 0.2) is 11.5 Å². The summed E-state index contributed by atoms with van der Waals surface area (Å²) in [6.07, 6.45) is -9.42. The minimum absolute atomic E-state index is 0.0521. The van der Waals surface area contributed by atoms with Gasteiger partial charge in [-0.3, -0.25) is 14.2 Å². The number of ether oxygens (including phenoxy) is 2. The topological polar surface area (TPSA) is 118 Å². The van der Waals surface area contributed by atoms with E-state index in [0.29, 0.717) is 18.3 Å². The third-order valence-electron chi connectivity index (χ3n) is 6.63. The van der Waals surface area contributed by atoms with Gasteiger partial charge in [0.05, 0.1) is 12.3 Å². The molecule has 2 saturated carbocycles. The molecule has 2 aliphatic rings. The van der Waals surface area contributed by atoms with Crippen molar-refractivity contribution in [3.8, 4) is 0 Å². The number of carbonyl (C=O) groups excluding carboxylic acids is 1. The molecule has 0 aliphatic heterocycles. The lowest BCUT2D eigenvalue weighted by atomic mass is 10.0. The molecule has 0 unspecified atom stereocenters.